The van der Waals surface area contributed by atoms with Gasteiger partial charge in [-0.1, -0.05) is 6.92 Å². The normalized spacial score (nSPS) is 17.7. The molecule has 1 unspecified atom stereocenters. The Kier molecular flexibility index (Phi) is 4.87. The van der Waals surface area contributed by atoms with Gasteiger partial charge in [-0.2, -0.15) is 18.2 Å². The molecule has 1 aromatic carbocycles. The lowest BCUT2D eigenvalue weighted by Crippen LogP contribution is -2.46. The summed E-state index contributed by atoms with van der Waals surface area (Å²) in [4.78, 5) is 15.8. The van der Waals surface area contributed by atoms with E-state index in [1.54, 1.807) is 18.7 Å². The molecule has 35 heavy (non-hydrogen) atoms. The van der Waals surface area contributed by atoms with Crippen molar-refractivity contribution in [1.82, 2.24) is 34.3 Å². The molecule has 4 heterocycles. The van der Waals surface area contributed by atoms with Crippen LogP contribution in [0, 0.1) is 5.82 Å². The fraction of sp³-hybridized carbons (Fsp3) is 0.348. The molecule has 12 heteroatoms. The Hall–Kier alpha value is -3.83. The molecule has 1 fully saturated rings. The third kappa shape index (κ3) is 3.46. The Balaban J connectivity index is 1.49. The van der Waals surface area contributed by atoms with Crippen LogP contribution < -0.4 is 4.90 Å². The molecule has 0 N–H and O–H groups in total. The van der Waals surface area contributed by atoms with E-state index in [1.165, 1.54) is 10.8 Å². The lowest BCUT2D eigenvalue weighted by molar-refractivity contribution is -0.137. The van der Waals surface area contributed by atoms with Gasteiger partial charge in [0.2, 0.25) is 5.95 Å². The van der Waals surface area contributed by atoms with Crippen LogP contribution >= 0.6 is 0 Å². The Labute approximate surface area is 197 Å². The van der Waals surface area contributed by atoms with Crippen molar-refractivity contribution in [2.24, 2.45) is 0 Å². The summed E-state index contributed by atoms with van der Waals surface area (Å²) in [6.07, 6.45) is 5.56. The van der Waals surface area contributed by atoms with Crippen molar-refractivity contribution < 1.29 is 17.6 Å². The van der Waals surface area contributed by atoms with E-state index in [-0.39, 0.29) is 23.4 Å². The van der Waals surface area contributed by atoms with Crippen LogP contribution in [0.5, 0.6) is 0 Å². The second-order valence-corrected chi connectivity index (χ2v) is 8.70. The van der Waals surface area contributed by atoms with Gasteiger partial charge >= 0.3 is 6.18 Å². The van der Waals surface area contributed by atoms with Crippen molar-refractivity contribution in [3.8, 4) is 23.0 Å². The van der Waals surface area contributed by atoms with Gasteiger partial charge in [0.05, 0.1) is 17.8 Å². The first-order chi connectivity index (χ1) is 16.8. The van der Waals surface area contributed by atoms with Crippen LogP contribution in [0.25, 0.3) is 23.0 Å². The van der Waals surface area contributed by atoms with Gasteiger partial charge in [-0.3, -0.25) is 9.13 Å². The van der Waals surface area contributed by atoms with Crippen molar-refractivity contribution in [1.29, 1.82) is 0 Å². The maximum atomic E-state index is 14.1. The summed E-state index contributed by atoms with van der Waals surface area (Å²) < 4.78 is 57.3. The number of aromatic nitrogens is 7. The zero-order valence-electron chi connectivity index (χ0n) is 18.6. The molecule has 2 aliphatic rings. The number of alkyl halides is 3. The lowest BCUT2D eigenvalue weighted by Gasteiger charge is -2.45. The van der Waals surface area contributed by atoms with Gasteiger partial charge in [-0.15, -0.1) is 10.2 Å². The Morgan fingerprint density at radius 3 is 2.63 bits per heavy atom. The van der Waals surface area contributed by atoms with E-state index in [4.69, 9.17) is 4.98 Å². The molecule has 4 aromatic rings. The quantitative estimate of drug-likeness (QED) is 0.384. The monoisotopic (exact) mass is 484 g/mol. The number of fused-ring (bicyclic) bond motifs is 3. The molecule has 0 saturated heterocycles. The number of imidazole rings is 1. The SMILES string of the molecule is CCC1c2nncn2-c2cnc(-n3ccnc3-c3cc(F)cc(C(F)(F)F)c3)nc2N1C1CCC1. The van der Waals surface area contributed by atoms with Crippen LogP contribution in [0.15, 0.2) is 43.1 Å². The van der Waals surface area contributed by atoms with E-state index in [2.05, 4.69) is 32.0 Å². The van der Waals surface area contributed by atoms with Crippen molar-refractivity contribution in [3.63, 3.8) is 0 Å². The van der Waals surface area contributed by atoms with E-state index >= 15 is 0 Å². The van der Waals surface area contributed by atoms with E-state index in [0.29, 0.717) is 17.9 Å². The first-order valence-electron chi connectivity index (χ1n) is 11.3. The molecule has 180 valence electrons. The maximum absolute atomic E-state index is 14.1. The Morgan fingerprint density at radius 2 is 1.91 bits per heavy atom. The van der Waals surface area contributed by atoms with E-state index in [9.17, 15) is 17.6 Å². The molecule has 6 rings (SSSR count). The standard InChI is InChI=1S/C23H20F4N8/c1-2-17-21-32-30-12-34(21)18-11-29-22(31-20(18)35(17)16-4-3-5-16)33-7-6-28-19(33)13-8-14(23(25,26)27)10-15(24)9-13/h6-12,16-17H,2-5H2,1H3. The van der Waals surface area contributed by atoms with Gasteiger partial charge in [-0.25, -0.2) is 14.4 Å². The minimum Gasteiger partial charge on any atom is -0.341 e. The molecule has 1 atom stereocenters. The topological polar surface area (TPSA) is 77.5 Å². The van der Waals surface area contributed by atoms with Crippen LogP contribution in [0.4, 0.5) is 23.4 Å². The minimum atomic E-state index is -4.69. The fourth-order valence-corrected chi connectivity index (χ4v) is 4.79. The maximum Gasteiger partial charge on any atom is 0.416 e. The molecule has 0 radical (unpaired) electrons. The number of hydrogen-bond donors (Lipinski definition) is 0. The third-order valence-corrected chi connectivity index (χ3v) is 6.64. The number of nitrogens with zero attached hydrogens (tertiary/aromatic N) is 8. The molecule has 0 amide bonds. The number of benzene rings is 1. The average molecular weight is 484 g/mol. The Morgan fingerprint density at radius 1 is 1.09 bits per heavy atom. The van der Waals surface area contributed by atoms with Gasteiger partial charge in [0.15, 0.2) is 11.6 Å². The molecule has 1 saturated carbocycles. The van der Waals surface area contributed by atoms with Crippen molar-refractivity contribution in [2.45, 2.75) is 50.9 Å². The molecule has 0 spiro atoms. The molecular formula is C23H20F4N8. The second-order valence-electron chi connectivity index (χ2n) is 8.70. The van der Waals surface area contributed by atoms with Gasteiger partial charge < -0.3 is 4.90 Å². The summed E-state index contributed by atoms with van der Waals surface area (Å²) in [7, 11) is 0. The van der Waals surface area contributed by atoms with Crippen LogP contribution in [0.3, 0.4) is 0 Å². The number of rotatable bonds is 4. The van der Waals surface area contributed by atoms with E-state index in [0.717, 1.165) is 49.3 Å². The molecule has 0 bridgehead atoms. The predicted molar refractivity (Wildman–Crippen MR) is 118 cm³/mol. The van der Waals surface area contributed by atoms with Crippen LogP contribution in [0.1, 0.15) is 50.0 Å². The zero-order valence-corrected chi connectivity index (χ0v) is 18.6. The summed E-state index contributed by atoms with van der Waals surface area (Å²) in [5, 5.41) is 8.42. The van der Waals surface area contributed by atoms with Crippen LogP contribution in [-0.4, -0.2) is 40.3 Å². The Bertz CT molecular complexity index is 1400. The highest BCUT2D eigenvalue weighted by Crippen LogP contribution is 2.43. The minimum absolute atomic E-state index is 0.0159. The largest absolute Gasteiger partial charge is 0.416 e. The highest BCUT2D eigenvalue weighted by molar-refractivity contribution is 5.64. The third-order valence-electron chi connectivity index (χ3n) is 6.64. The lowest BCUT2D eigenvalue weighted by atomic mass is 9.89. The first-order valence-corrected chi connectivity index (χ1v) is 11.3. The van der Waals surface area contributed by atoms with Crippen LogP contribution in [-0.2, 0) is 6.18 Å². The zero-order chi connectivity index (χ0) is 24.3. The van der Waals surface area contributed by atoms with Gasteiger partial charge in [0.25, 0.3) is 0 Å². The molecule has 1 aliphatic heterocycles. The molecule has 3 aromatic heterocycles. The predicted octanol–water partition coefficient (Wildman–Crippen LogP) is 4.89. The molecular weight excluding hydrogens is 464 g/mol. The van der Waals surface area contributed by atoms with Crippen LogP contribution in [0.2, 0.25) is 0 Å². The summed E-state index contributed by atoms with van der Waals surface area (Å²) >= 11 is 0. The highest BCUT2D eigenvalue weighted by Gasteiger charge is 2.40. The van der Waals surface area contributed by atoms with Gasteiger partial charge in [0, 0.05) is 24.0 Å². The average Bonchev–Trinajstić information content (AvgIpc) is 3.47. The van der Waals surface area contributed by atoms with Crippen molar-refractivity contribution in [2.75, 3.05) is 4.90 Å². The fourth-order valence-electron chi connectivity index (χ4n) is 4.79. The number of hydrogen-bond acceptors (Lipinski definition) is 6. The van der Waals surface area contributed by atoms with Gasteiger partial charge in [-0.05, 0) is 43.9 Å². The van der Waals surface area contributed by atoms with Gasteiger partial charge in [0.1, 0.15) is 23.7 Å². The summed E-state index contributed by atoms with van der Waals surface area (Å²) in [5.41, 5.74) is -0.375. The van der Waals surface area contributed by atoms with E-state index < -0.39 is 17.6 Å². The van der Waals surface area contributed by atoms with Crippen molar-refractivity contribution in [3.05, 3.63) is 60.3 Å². The summed E-state index contributed by atoms with van der Waals surface area (Å²) in [6.45, 7) is 2.08. The smallest absolute Gasteiger partial charge is 0.341 e. The molecule has 1 aliphatic carbocycles. The number of anilines is 1. The first kappa shape index (κ1) is 21.7. The second kappa shape index (κ2) is 7.85. The highest BCUT2D eigenvalue weighted by atomic mass is 19.4. The summed E-state index contributed by atoms with van der Waals surface area (Å²) in [5.74, 6) is 0.861. The summed E-state index contributed by atoms with van der Waals surface area (Å²) in [6, 6.07) is 2.63. The van der Waals surface area contributed by atoms with E-state index in [1.807, 2.05) is 4.57 Å². The van der Waals surface area contributed by atoms with Crippen molar-refractivity contribution >= 4 is 5.82 Å². The molecule has 8 nitrogen and oxygen atoms in total. The number of halogens is 4.